The molecule has 1 aromatic rings. The predicted molar refractivity (Wildman–Crippen MR) is 101 cm³/mol. The second-order valence-electron chi connectivity index (χ2n) is 6.21. The fraction of sp³-hybridized carbons (Fsp3) is 0.389. The van der Waals surface area contributed by atoms with Gasteiger partial charge in [-0.05, 0) is 37.0 Å². The Bertz CT molecular complexity index is 910. The molecule has 2 N–H and O–H groups in total. The first-order chi connectivity index (χ1) is 13.2. The minimum Gasteiger partial charge on any atom is -0.337 e. The van der Waals surface area contributed by atoms with E-state index < -0.39 is 22.2 Å². The van der Waals surface area contributed by atoms with Crippen LogP contribution in [0.3, 0.4) is 0 Å². The summed E-state index contributed by atoms with van der Waals surface area (Å²) in [7, 11) is -3.05. The number of nitrogens with zero attached hydrogens (tertiary/aromatic N) is 1. The minimum absolute atomic E-state index is 0.0960. The van der Waals surface area contributed by atoms with Crippen molar-refractivity contribution in [2.24, 2.45) is 5.92 Å². The van der Waals surface area contributed by atoms with Gasteiger partial charge >= 0.3 is 22.2 Å². The van der Waals surface area contributed by atoms with Crippen molar-refractivity contribution in [1.82, 2.24) is 15.5 Å². The number of hydrogen-bond acceptors (Lipinski definition) is 6. The van der Waals surface area contributed by atoms with Crippen LogP contribution in [-0.4, -0.2) is 44.9 Å². The maximum atomic E-state index is 12.3. The molecule has 152 valence electrons. The van der Waals surface area contributed by atoms with Crippen molar-refractivity contribution in [3.05, 3.63) is 41.6 Å². The third-order valence-electron chi connectivity index (χ3n) is 4.35. The number of nitrogens with one attached hydrogen (secondary N) is 2. The molecule has 1 aliphatic heterocycles. The fourth-order valence-electron chi connectivity index (χ4n) is 2.90. The largest absolute Gasteiger partial charge is 0.422 e. The zero-order chi connectivity index (χ0) is 20.9. The zero-order valence-corrected chi connectivity index (χ0v) is 16.7. The first-order valence-electron chi connectivity index (χ1n) is 8.74. The number of rotatable bonds is 6. The highest BCUT2D eigenvalue weighted by atomic mass is 32.2. The Kier molecular flexibility index (Phi) is 6.79. The molecule has 0 aromatic heterocycles. The molecule has 9 nitrogen and oxygen atoms in total. The molecule has 0 saturated carbocycles. The Morgan fingerprint density at radius 2 is 1.93 bits per heavy atom. The molecule has 1 aliphatic rings. The number of benzene rings is 1. The summed E-state index contributed by atoms with van der Waals surface area (Å²) in [5.74, 6) is -0.571. The van der Waals surface area contributed by atoms with E-state index in [2.05, 4.69) is 14.8 Å². The maximum Gasteiger partial charge on any atom is 0.422 e. The molecule has 0 radical (unpaired) electrons. The molecule has 0 aliphatic carbocycles. The van der Waals surface area contributed by atoms with Crippen molar-refractivity contribution in [3.63, 3.8) is 0 Å². The number of imide groups is 1. The van der Waals surface area contributed by atoms with Gasteiger partial charge < -0.3 is 14.8 Å². The third-order valence-corrected chi connectivity index (χ3v) is 5.65. The molecule has 2 rings (SSSR count). The van der Waals surface area contributed by atoms with Crippen LogP contribution in [0.5, 0.6) is 0 Å². The first-order valence-corrected chi connectivity index (χ1v) is 10.2. The maximum absolute atomic E-state index is 12.3. The zero-order valence-electron chi connectivity index (χ0n) is 15.9. The molecule has 0 fully saturated rings. The molecule has 1 aromatic carbocycles. The van der Waals surface area contributed by atoms with E-state index in [9.17, 15) is 22.8 Å². The lowest BCUT2D eigenvalue weighted by Gasteiger charge is -2.15. The average molecular weight is 409 g/mol. The van der Waals surface area contributed by atoms with E-state index >= 15 is 0 Å². The second-order valence-corrected chi connectivity index (χ2v) is 7.72. The Morgan fingerprint density at radius 1 is 1.25 bits per heavy atom. The summed E-state index contributed by atoms with van der Waals surface area (Å²) in [6, 6.07) is 5.45. The lowest BCUT2D eigenvalue weighted by molar-refractivity contribution is -0.127. The number of amides is 4. The van der Waals surface area contributed by atoms with E-state index in [4.69, 9.17) is 0 Å². The van der Waals surface area contributed by atoms with Crippen molar-refractivity contribution in [3.8, 4) is 0 Å². The Morgan fingerprint density at radius 3 is 2.54 bits per heavy atom. The van der Waals surface area contributed by atoms with Gasteiger partial charge in [0.1, 0.15) is 4.90 Å². The topological polar surface area (TPSA) is 122 Å². The monoisotopic (exact) mass is 409 g/mol. The van der Waals surface area contributed by atoms with Crippen molar-refractivity contribution in [1.29, 1.82) is 0 Å². The third kappa shape index (κ3) is 4.69. The van der Waals surface area contributed by atoms with Crippen LogP contribution in [0.2, 0.25) is 0 Å². The molecule has 1 heterocycles. The number of carbonyl (C=O) groups excluding carboxylic acids is 3. The van der Waals surface area contributed by atoms with Crippen molar-refractivity contribution >= 4 is 28.1 Å². The fourth-order valence-corrected chi connectivity index (χ4v) is 4.01. The molecule has 1 unspecified atom stereocenters. The molecule has 4 amide bonds. The van der Waals surface area contributed by atoms with Gasteiger partial charge in [0, 0.05) is 19.8 Å². The van der Waals surface area contributed by atoms with Crippen LogP contribution in [0.15, 0.2) is 40.9 Å². The highest BCUT2D eigenvalue weighted by Gasteiger charge is 2.33. The van der Waals surface area contributed by atoms with E-state index in [1.54, 1.807) is 19.1 Å². The molecule has 1 atom stereocenters. The van der Waals surface area contributed by atoms with Crippen LogP contribution in [0.25, 0.3) is 0 Å². The van der Waals surface area contributed by atoms with E-state index in [0.717, 1.165) is 10.5 Å². The van der Waals surface area contributed by atoms with Crippen LogP contribution in [0, 0.1) is 5.92 Å². The summed E-state index contributed by atoms with van der Waals surface area (Å²) in [6.07, 6.45) is 1.20. The van der Waals surface area contributed by atoms with Crippen LogP contribution >= 0.6 is 0 Å². The minimum atomic E-state index is -4.29. The predicted octanol–water partition coefficient (Wildman–Crippen LogP) is 1.76. The summed E-state index contributed by atoms with van der Waals surface area (Å²) >= 11 is 0. The Balaban J connectivity index is 2.04. The van der Waals surface area contributed by atoms with Gasteiger partial charge in [0.2, 0.25) is 5.91 Å². The number of urea groups is 1. The summed E-state index contributed by atoms with van der Waals surface area (Å²) in [5.41, 5.74) is 1.20. The Hall–Kier alpha value is -2.88. The highest BCUT2D eigenvalue weighted by Crippen LogP contribution is 2.25. The van der Waals surface area contributed by atoms with Gasteiger partial charge in [0.05, 0.1) is 5.92 Å². The van der Waals surface area contributed by atoms with E-state index in [1.807, 2.05) is 6.92 Å². The molecule has 28 heavy (non-hydrogen) atoms. The van der Waals surface area contributed by atoms with Gasteiger partial charge in [0.25, 0.3) is 0 Å². The van der Waals surface area contributed by atoms with Crippen molar-refractivity contribution in [2.75, 3.05) is 13.6 Å². The van der Waals surface area contributed by atoms with Crippen LogP contribution in [0.4, 0.5) is 9.59 Å². The van der Waals surface area contributed by atoms with Crippen molar-refractivity contribution < 1.29 is 27.0 Å². The average Bonchev–Trinajstić information content (AvgIpc) is 2.95. The number of carbonyl (C=O) groups is 3. The molecule has 10 heteroatoms. The molecule has 0 spiro atoms. The summed E-state index contributed by atoms with van der Waals surface area (Å²) in [4.78, 5) is 36.6. The van der Waals surface area contributed by atoms with Gasteiger partial charge in [0.15, 0.2) is 0 Å². The molecular formula is C18H23N3O6S. The van der Waals surface area contributed by atoms with Crippen molar-refractivity contribution in [2.45, 2.75) is 31.6 Å². The van der Waals surface area contributed by atoms with Gasteiger partial charge in [-0.25, -0.2) is 14.5 Å². The number of hydrogen-bond donors (Lipinski definition) is 2. The molecular weight excluding hydrogens is 386 g/mol. The first kappa shape index (κ1) is 21.4. The van der Waals surface area contributed by atoms with Gasteiger partial charge in [-0.2, -0.15) is 8.42 Å². The van der Waals surface area contributed by atoms with Gasteiger partial charge in [-0.15, -0.1) is 0 Å². The normalized spacial score (nSPS) is 16.5. The summed E-state index contributed by atoms with van der Waals surface area (Å²) in [6.45, 7) is 3.77. The van der Waals surface area contributed by atoms with Gasteiger partial charge in [-0.3, -0.25) is 4.79 Å². The van der Waals surface area contributed by atoms with Crippen LogP contribution < -0.4 is 10.6 Å². The lowest BCUT2D eigenvalue weighted by atomic mass is 10.0. The van der Waals surface area contributed by atoms with E-state index in [1.165, 1.54) is 25.4 Å². The summed E-state index contributed by atoms with van der Waals surface area (Å²) in [5, 5.41) is 4.68. The van der Waals surface area contributed by atoms with Crippen LogP contribution in [-0.2, 0) is 25.5 Å². The SMILES string of the molecule is CCC1C(=O)N(C(=O)NCCc2ccccc2S(=O)(=O)OC(=O)NC)C=C1C. The van der Waals surface area contributed by atoms with E-state index in [0.29, 0.717) is 12.0 Å². The van der Waals surface area contributed by atoms with Crippen LogP contribution in [0.1, 0.15) is 25.8 Å². The quantitative estimate of drug-likeness (QED) is 0.691. The summed E-state index contributed by atoms with van der Waals surface area (Å²) < 4.78 is 28.9. The molecule has 0 saturated heterocycles. The lowest BCUT2D eigenvalue weighted by Crippen LogP contribution is -2.40. The van der Waals surface area contributed by atoms with Gasteiger partial charge in [-0.1, -0.05) is 25.1 Å². The Labute approximate surface area is 163 Å². The standard InChI is InChI=1S/C18H23N3O6S/c1-4-14-12(2)11-21(16(14)22)17(23)20-10-9-13-7-5-6-8-15(13)28(25,26)27-18(24)19-3/h5-8,11,14H,4,9-10H2,1-3H3,(H,19,24)(H,20,23). The highest BCUT2D eigenvalue weighted by molar-refractivity contribution is 7.87. The molecule has 0 bridgehead atoms. The van der Waals surface area contributed by atoms with E-state index in [-0.39, 0.29) is 29.7 Å². The second kappa shape index (κ2) is 8.87. The smallest absolute Gasteiger partial charge is 0.337 e.